The number of amides is 1. The van der Waals surface area contributed by atoms with Crippen molar-refractivity contribution in [3.63, 3.8) is 0 Å². The van der Waals surface area contributed by atoms with Gasteiger partial charge in [0.2, 0.25) is 0 Å². The molecule has 0 atom stereocenters. The van der Waals surface area contributed by atoms with Crippen molar-refractivity contribution >= 4 is 11.6 Å². The summed E-state index contributed by atoms with van der Waals surface area (Å²) in [7, 11) is 0. The molecule has 4 bridgehead atoms. The van der Waals surface area contributed by atoms with Gasteiger partial charge in [0.05, 0.1) is 18.8 Å². The molecular weight excluding hydrogens is 406 g/mol. The highest BCUT2D eigenvalue weighted by molar-refractivity contribution is 5.93. The first kappa shape index (κ1) is 19.8. The van der Waals surface area contributed by atoms with Crippen LogP contribution in [0.4, 0.5) is 0 Å². The lowest BCUT2D eigenvalue weighted by atomic mass is 9.49. The van der Waals surface area contributed by atoms with Crippen LogP contribution in [0.15, 0.2) is 24.4 Å². The number of nitrogens with one attached hydrogen (secondary N) is 1. The van der Waals surface area contributed by atoms with Crippen molar-refractivity contribution in [2.75, 3.05) is 13.2 Å². The number of aliphatic hydroxyl groups is 1. The van der Waals surface area contributed by atoms with Crippen LogP contribution in [0.1, 0.15) is 60.5 Å². The van der Waals surface area contributed by atoms with E-state index in [-0.39, 0.29) is 12.5 Å². The summed E-state index contributed by atoms with van der Waals surface area (Å²) in [4.78, 5) is 17.8. The fourth-order valence-corrected chi connectivity index (χ4v) is 6.97. The van der Waals surface area contributed by atoms with Gasteiger partial charge in [0.25, 0.3) is 5.91 Å². The molecule has 9 nitrogen and oxygen atoms in total. The Labute approximate surface area is 186 Å². The average molecular weight is 436 g/mol. The fourth-order valence-electron chi connectivity index (χ4n) is 6.97. The van der Waals surface area contributed by atoms with Crippen molar-refractivity contribution in [2.24, 2.45) is 23.2 Å². The number of tetrazole rings is 1. The summed E-state index contributed by atoms with van der Waals surface area (Å²) in [6.45, 7) is 1.15. The number of carbonyl (C=O) groups is 1. The normalized spacial score (nSPS) is 28.5. The molecule has 3 aromatic rings. The molecule has 0 aliphatic heterocycles. The average Bonchev–Trinajstić information content (AvgIpc) is 3.38. The highest BCUT2D eigenvalue weighted by Crippen LogP contribution is 2.59. The molecule has 4 saturated carbocycles. The van der Waals surface area contributed by atoms with Gasteiger partial charge in [-0.2, -0.15) is 0 Å². The fraction of sp³-hybridized carbons (Fsp3) is 0.609. The van der Waals surface area contributed by atoms with E-state index in [1.54, 1.807) is 4.68 Å². The van der Waals surface area contributed by atoms with E-state index in [0.717, 1.165) is 35.6 Å². The third-order valence-electron chi connectivity index (χ3n) is 7.82. The second-order valence-electron chi connectivity index (χ2n) is 10.2. The van der Waals surface area contributed by atoms with Crippen LogP contribution in [0.3, 0.4) is 0 Å². The minimum absolute atomic E-state index is 0.0143. The molecule has 7 rings (SSSR count). The summed E-state index contributed by atoms with van der Waals surface area (Å²) >= 11 is 0. The van der Waals surface area contributed by atoms with Crippen molar-refractivity contribution in [1.82, 2.24) is 34.9 Å². The van der Waals surface area contributed by atoms with Crippen molar-refractivity contribution in [1.29, 1.82) is 0 Å². The highest BCUT2D eigenvalue weighted by atomic mass is 16.3. The summed E-state index contributed by atoms with van der Waals surface area (Å²) < 4.78 is 3.48. The van der Waals surface area contributed by atoms with Gasteiger partial charge in [-0.1, -0.05) is 6.07 Å². The molecule has 3 aromatic heterocycles. The third kappa shape index (κ3) is 3.48. The molecule has 0 radical (unpaired) electrons. The molecule has 0 unspecified atom stereocenters. The molecule has 168 valence electrons. The van der Waals surface area contributed by atoms with Gasteiger partial charge in [-0.05, 0) is 84.3 Å². The van der Waals surface area contributed by atoms with E-state index in [0.29, 0.717) is 29.9 Å². The zero-order valence-corrected chi connectivity index (χ0v) is 18.2. The van der Waals surface area contributed by atoms with Crippen LogP contribution >= 0.6 is 0 Å². The van der Waals surface area contributed by atoms with Crippen molar-refractivity contribution in [3.8, 4) is 0 Å². The Morgan fingerprint density at radius 1 is 1.16 bits per heavy atom. The zero-order chi connectivity index (χ0) is 21.7. The van der Waals surface area contributed by atoms with Crippen molar-refractivity contribution < 1.29 is 9.90 Å². The lowest BCUT2D eigenvalue weighted by Gasteiger charge is -2.56. The van der Waals surface area contributed by atoms with E-state index in [4.69, 9.17) is 0 Å². The van der Waals surface area contributed by atoms with Crippen LogP contribution in [0.5, 0.6) is 0 Å². The maximum absolute atomic E-state index is 13.2. The van der Waals surface area contributed by atoms with Crippen molar-refractivity contribution in [3.05, 3.63) is 41.6 Å². The SMILES string of the molecule is O=C(NCC12CC3CC(CC(C3)C1)C2)c1cccc2nc(Cn3nnnc3CCO)cn12. The van der Waals surface area contributed by atoms with Gasteiger partial charge >= 0.3 is 0 Å². The molecule has 0 saturated heterocycles. The first-order valence-electron chi connectivity index (χ1n) is 11.7. The molecule has 4 fully saturated rings. The quantitative estimate of drug-likeness (QED) is 0.586. The minimum Gasteiger partial charge on any atom is -0.396 e. The molecule has 3 heterocycles. The number of hydrogen-bond acceptors (Lipinski definition) is 6. The second-order valence-corrected chi connectivity index (χ2v) is 10.2. The van der Waals surface area contributed by atoms with Crippen molar-refractivity contribution in [2.45, 2.75) is 51.5 Å². The van der Waals surface area contributed by atoms with E-state index >= 15 is 0 Å². The van der Waals surface area contributed by atoms with Crippen LogP contribution in [-0.2, 0) is 13.0 Å². The summed E-state index contributed by atoms with van der Waals surface area (Å²) in [5, 5.41) is 24.1. The van der Waals surface area contributed by atoms with Gasteiger partial charge in [-0.15, -0.1) is 5.10 Å². The van der Waals surface area contributed by atoms with E-state index < -0.39 is 0 Å². The molecule has 32 heavy (non-hydrogen) atoms. The number of fused-ring (bicyclic) bond motifs is 1. The van der Waals surface area contributed by atoms with Crippen LogP contribution in [0.25, 0.3) is 5.65 Å². The Morgan fingerprint density at radius 2 is 1.91 bits per heavy atom. The van der Waals surface area contributed by atoms with Crippen LogP contribution in [0.2, 0.25) is 0 Å². The number of nitrogens with zero attached hydrogens (tertiary/aromatic N) is 6. The lowest BCUT2D eigenvalue weighted by Crippen LogP contribution is -2.51. The number of aromatic nitrogens is 6. The Balaban J connectivity index is 1.19. The predicted octanol–water partition coefficient (Wildman–Crippen LogP) is 1.85. The summed E-state index contributed by atoms with van der Waals surface area (Å²) in [6.07, 6.45) is 10.3. The molecular formula is C23H29N7O2. The highest BCUT2D eigenvalue weighted by Gasteiger charge is 2.50. The smallest absolute Gasteiger partial charge is 0.268 e. The van der Waals surface area contributed by atoms with Gasteiger partial charge in [0.1, 0.15) is 11.3 Å². The summed E-state index contributed by atoms with van der Waals surface area (Å²) in [5.41, 5.74) is 2.39. The number of aliphatic hydroxyl groups excluding tert-OH is 1. The van der Waals surface area contributed by atoms with Gasteiger partial charge in [0.15, 0.2) is 5.82 Å². The topological polar surface area (TPSA) is 110 Å². The molecule has 2 N–H and O–H groups in total. The first-order valence-corrected chi connectivity index (χ1v) is 11.7. The minimum atomic E-state index is -0.0429. The van der Waals surface area contributed by atoms with Gasteiger partial charge in [-0.3, -0.25) is 9.20 Å². The molecule has 0 aromatic carbocycles. The summed E-state index contributed by atoms with van der Waals surface area (Å²) in [5.74, 6) is 3.19. The molecule has 0 spiro atoms. The molecule has 4 aliphatic rings. The Hall–Kier alpha value is -2.81. The van der Waals surface area contributed by atoms with Crippen LogP contribution < -0.4 is 5.32 Å². The van der Waals surface area contributed by atoms with Gasteiger partial charge in [0, 0.05) is 19.2 Å². The predicted molar refractivity (Wildman–Crippen MR) is 116 cm³/mol. The molecule has 9 heteroatoms. The first-order chi connectivity index (χ1) is 15.6. The number of imidazole rings is 1. The second kappa shape index (κ2) is 7.65. The number of rotatable bonds is 7. The molecule has 4 aliphatic carbocycles. The Morgan fingerprint density at radius 3 is 2.62 bits per heavy atom. The zero-order valence-electron chi connectivity index (χ0n) is 18.2. The standard InChI is InChI=1S/C23H29N7O2/c31-5-4-21-26-27-28-30(21)13-18-12-29-19(2-1-3-20(29)25-18)22(32)24-14-23-9-15-6-16(10-23)8-17(7-15)11-23/h1-3,12,15-17,31H,4-11,13-14H2,(H,24,32). The van der Waals surface area contributed by atoms with Gasteiger partial charge in [-0.25, -0.2) is 9.67 Å². The van der Waals surface area contributed by atoms with E-state index in [2.05, 4.69) is 25.8 Å². The van der Waals surface area contributed by atoms with Gasteiger partial charge < -0.3 is 10.4 Å². The largest absolute Gasteiger partial charge is 0.396 e. The maximum atomic E-state index is 13.2. The van der Waals surface area contributed by atoms with Crippen LogP contribution in [-0.4, -0.2) is 53.8 Å². The Kier molecular flexibility index (Phi) is 4.74. The maximum Gasteiger partial charge on any atom is 0.268 e. The van der Waals surface area contributed by atoms with Crippen LogP contribution in [0, 0.1) is 23.2 Å². The van der Waals surface area contributed by atoms with E-state index in [9.17, 15) is 9.90 Å². The number of carbonyl (C=O) groups excluding carboxylic acids is 1. The Bertz CT molecular complexity index is 1120. The number of pyridine rings is 1. The monoisotopic (exact) mass is 435 g/mol. The van der Waals surface area contributed by atoms with E-state index in [1.165, 1.54) is 38.5 Å². The number of hydrogen-bond donors (Lipinski definition) is 2. The molecule has 1 amide bonds. The lowest BCUT2D eigenvalue weighted by molar-refractivity contribution is -0.0503. The summed E-state index contributed by atoms with van der Waals surface area (Å²) in [6, 6.07) is 5.62. The third-order valence-corrected chi connectivity index (χ3v) is 7.82. The van der Waals surface area contributed by atoms with E-state index in [1.807, 2.05) is 28.8 Å².